The highest BCUT2D eigenvalue weighted by molar-refractivity contribution is 5.96. The van der Waals surface area contributed by atoms with Crippen molar-refractivity contribution in [2.45, 2.75) is 26.7 Å². The molecule has 5 nitrogen and oxygen atoms in total. The maximum atomic E-state index is 12.3. The van der Waals surface area contributed by atoms with Crippen LogP contribution in [0.3, 0.4) is 0 Å². The topological polar surface area (TPSA) is 61.4 Å². The molecule has 1 heterocycles. The SMILES string of the molecule is Cc1ccc(NCC(=O)Nc2ccc(C(=O)N3CCCC3)cc2)cc1C. The lowest BCUT2D eigenvalue weighted by molar-refractivity contribution is -0.114. The molecule has 1 aliphatic heterocycles. The van der Waals surface area contributed by atoms with E-state index < -0.39 is 0 Å². The quantitative estimate of drug-likeness (QED) is 0.865. The number of benzene rings is 2. The fourth-order valence-electron chi connectivity index (χ4n) is 3.04. The van der Waals surface area contributed by atoms with Gasteiger partial charge in [0.25, 0.3) is 5.91 Å². The number of hydrogen-bond donors (Lipinski definition) is 2. The molecule has 3 rings (SSSR count). The van der Waals surface area contributed by atoms with E-state index in [1.165, 1.54) is 11.1 Å². The zero-order valence-electron chi connectivity index (χ0n) is 15.3. The molecule has 0 aliphatic carbocycles. The monoisotopic (exact) mass is 351 g/mol. The zero-order valence-corrected chi connectivity index (χ0v) is 15.3. The van der Waals surface area contributed by atoms with Crippen LogP contribution in [-0.2, 0) is 4.79 Å². The third-order valence-corrected chi connectivity index (χ3v) is 4.77. The molecule has 0 radical (unpaired) electrons. The molecule has 1 saturated heterocycles. The molecule has 2 aromatic carbocycles. The van der Waals surface area contributed by atoms with E-state index in [1.807, 2.05) is 30.0 Å². The van der Waals surface area contributed by atoms with Crippen molar-refractivity contribution >= 4 is 23.2 Å². The van der Waals surface area contributed by atoms with Gasteiger partial charge < -0.3 is 15.5 Å². The second-order valence-electron chi connectivity index (χ2n) is 6.78. The average Bonchev–Trinajstić information content (AvgIpc) is 3.17. The van der Waals surface area contributed by atoms with Gasteiger partial charge in [0.2, 0.25) is 5.91 Å². The molecule has 2 N–H and O–H groups in total. The van der Waals surface area contributed by atoms with Crippen LogP contribution in [-0.4, -0.2) is 36.3 Å². The summed E-state index contributed by atoms with van der Waals surface area (Å²) < 4.78 is 0. The lowest BCUT2D eigenvalue weighted by Crippen LogP contribution is -2.27. The predicted molar refractivity (Wildman–Crippen MR) is 105 cm³/mol. The minimum Gasteiger partial charge on any atom is -0.376 e. The Balaban J connectivity index is 1.52. The fraction of sp³-hybridized carbons (Fsp3) is 0.333. The zero-order chi connectivity index (χ0) is 18.5. The number of aryl methyl sites for hydroxylation is 2. The molecular weight excluding hydrogens is 326 g/mol. The van der Waals surface area contributed by atoms with Crippen LogP contribution in [0.1, 0.15) is 34.3 Å². The van der Waals surface area contributed by atoms with Crippen LogP contribution in [0.15, 0.2) is 42.5 Å². The molecule has 0 aromatic heterocycles. The molecule has 2 amide bonds. The number of nitrogens with zero attached hydrogens (tertiary/aromatic N) is 1. The molecule has 1 aliphatic rings. The normalized spacial score (nSPS) is 13.5. The van der Waals surface area contributed by atoms with Crippen molar-refractivity contribution in [2.24, 2.45) is 0 Å². The molecule has 0 spiro atoms. The number of rotatable bonds is 5. The average molecular weight is 351 g/mol. The van der Waals surface area contributed by atoms with Crippen molar-refractivity contribution in [3.8, 4) is 0 Å². The highest BCUT2D eigenvalue weighted by Crippen LogP contribution is 2.16. The first-order valence-electron chi connectivity index (χ1n) is 9.03. The number of carbonyl (C=O) groups excluding carboxylic acids is 2. The Morgan fingerprint density at radius 1 is 0.923 bits per heavy atom. The predicted octanol–water partition coefficient (Wildman–Crippen LogP) is 3.59. The first-order valence-corrected chi connectivity index (χ1v) is 9.03. The van der Waals surface area contributed by atoms with Gasteiger partial charge in [0.1, 0.15) is 0 Å². The third kappa shape index (κ3) is 4.42. The summed E-state index contributed by atoms with van der Waals surface area (Å²) in [7, 11) is 0. The maximum absolute atomic E-state index is 12.3. The lowest BCUT2D eigenvalue weighted by Gasteiger charge is -2.15. The van der Waals surface area contributed by atoms with E-state index in [4.69, 9.17) is 0 Å². The Kier molecular flexibility index (Phi) is 5.56. The Morgan fingerprint density at radius 2 is 1.58 bits per heavy atom. The van der Waals surface area contributed by atoms with Gasteiger partial charge in [0, 0.05) is 30.0 Å². The first-order chi connectivity index (χ1) is 12.5. The third-order valence-electron chi connectivity index (χ3n) is 4.77. The summed E-state index contributed by atoms with van der Waals surface area (Å²) in [6, 6.07) is 13.1. The van der Waals surface area contributed by atoms with Crippen molar-refractivity contribution in [2.75, 3.05) is 30.3 Å². The summed E-state index contributed by atoms with van der Waals surface area (Å²) in [5.74, 6) is -0.0568. The van der Waals surface area contributed by atoms with Crippen LogP contribution in [0.5, 0.6) is 0 Å². The lowest BCUT2D eigenvalue weighted by atomic mass is 10.1. The summed E-state index contributed by atoms with van der Waals surface area (Å²) in [6.07, 6.45) is 2.15. The number of nitrogens with one attached hydrogen (secondary N) is 2. The minimum absolute atomic E-state index is 0.0665. The van der Waals surface area contributed by atoms with Gasteiger partial charge in [-0.2, -0.15) is 0 Å². The summed E-state index contributed by atoms with van der Waals surface area (Å²) in [4.78, 5) is 26.3. The van der Waals surface area contributed by atoms with Gasteiger partial charge in [-0.15, -0.1) is 0 Å². The summed E-state index contributed by atoms with van der Waals surface area (Å²) in [6.45, 7) is 5.97. The van der Waals surface area contributed by atoms with Crippen molar-refractivity contribution < 1.29 is 9.59 Å². The standard InChI is InChI=1S/C21H25N3O2/c1-15-5-8-19(13-16(15)2)22-14-20(25)23-18-9-6-17(7-10-18)21(26)24-11-3-4-12-24/h5-10,13,22H,3-4,11-12,14H2,1-2H3,(H,23,25). The minimum atomic E-state index is -0.123. The Bertz CT molecular complexity index is 793. The molecule has 0 bridgehead atoms. The van der Waals surface area contributed by atoms with Gasteiger partial charge in [-0.3, -0.25) is 9.59 Å². The smallest absolute Gasteiger partial charge is 0.253 e. The van der Waals surface area contributed by atoms with Gasteiger partial charge >= 0.3 is 0 Å². The molecule has 5 heteroatoms. The van der Waals surface area contributed by atoms with Gasteiger partial charge in [-0.05, 0) is 74.2 Å². The molecular formula is C21H25N3O2. The van der Waals surface area contributed by atoms with Crippen LogP contribution in [0, 0.1) is 13.8 Å². The van der Waals surface area contributed by atoms with Crippen LogP contribution in [0.4, 0.5) is 11.4 Å². The van der Waals surface area contributed by atoms with Crippen molar-refractivity contribution in [3.63, 3.8) is 0 Å². The van der Waals surface area contributed by atoms with Crippen LogP contribution in [0.2, 0.25) is 0 Å². The molecule has 136 valence electrons. The summed E-state index contributed by atoms with van der Waals surface area (Å²) in [5.41, 5.74) is 4.69. The Hall–Kier alpha value is -2.82. The van der Waals surface area contributed by atoms with Crippen molar-refractivity contribution in [1.82, 2.24) is 4.90 Å². The summed E-state index contributed by atoms with van der Waals surface area (Å²) >= 11 is 0. The first kappa shape index (κ1) is 18.0. The van der Waals surface area contributed by atoms with Crippen molar-refractivity contribution in [1.29, 1.82) is 0 Å². The maximum Gasteiger partial charge on any atom is 0.253 e. The molecule has 0 unspecified atom stereocenters. The van der Waals surface area contributed by atoms with Crippen LogP contribution in [0.25, 0.3) is 0 Å². The highest BCUT2D eigenvalue weighted by Gasteiger charge is 2.19. The van der Waals surface area contributed by atoms with Gasteiger partial charge in [-0.25, -0.2) is 0 Å². The van der Waals surface area contributed by atoms with Crippen molar-refractivity contribution in [3.05, 3.63) is 59.2 Å². The Labute approximate surface area is 154 Å². The van der Waals surface area contributed by atoms with E-state index in [2.05, 4.69) is 17.6 Å². The molecule has 0 saturated carbocycles. The Morgan fingerprint density at radius 3 is 2.23 bits per heavy atom. The largest absolute Gasteiger partial charge is 0.376 e. The second kappa shape index (κ2) is 8.04. The van der Waals surface area contributed by atoms with Gasteiger partial charge in [0.15, 0.2) is 0 Å². The molecule has 26 heavy (non-hydrogen) atoms. The number of likely N-dealkylation sites (tertiary alicyclic amines) is 1. The van der Waals surface area contributed by atoms with E-state index in [0.29, 0.717) is 11.3 Å². The number of anilines is 2. The number of amides is 2. The van der Waals surface area contributed by atoms with Crippen LogP contribution < -0.4 is 10.6 Å². The fourth-order valence-corrected chi connectivity index (χ4v) is 3.04. The second-order valence-corrected chi connectivity index (χ2v) is 6.78. The molecule has 0 atom stereocenters. The van der Waals surface area contributed by atoms with Gasteiger partial charge in [-0.1, -0.05) is 6.07 Å². The molecule has 1 fully saturated rings. The van der Waals surface area contributed by atoms with Gasteiger partial charge in [0.05, 0.1) is 6.54 Å². The van der Waals surface area contributed by atoms with E-state index >= 15 is 0 Å². The van der Waals surface area contributed by atoms with Crippen LogP contribution >= 0.6 is 0 Å². The number of hydrogen-bond acceptors (Lipinski definition) is 3. The highest BCUT2D eigenvalue weighted by atomic mass is 16.2. The summed E-state index contributed by atoms with van der Waals surface area (Å²) in [5, 5.41) is 5.97. The molecule has 2 aromatic rings. The van der Waals surface area contributed by atoms with E-state index in [-0.39, 0.29) is 18.4 Å². The van der Waals surface area contributed by atoms with E-state index in [9.17, 15) is 9.59 Å². The number of carbonyl (C=O) groups is 2. The van der Waals surface area contributed by atoms with E-state index in [0.717, 1.165) is 31.6 Å². The van der Waals surface area contributed by atoms with E-state index in [1.54, 1.807) is 24.3 Å².